The van der Waals surface area contributed by atoms with Gasteiger partial charge in [0.15, 0.2) is 6.23 Å². The quantitative estimate of drug-likeness (QED) is 0.811. The lowest BCUT2D eigenvalue weighted by molar-refractivity contribution is -0.129. The highest BCUT2D eigenvalue weighted by Gasteiger charge is 2.22. The molecule has 0 fully saturated rings. The molecule has 0 radical (unpaired) electrons. The number of hydrogen-bond acceptors (Lipinski definition) is 4. The molecule has 0 aromatic carbocycles. The summed E-state index contributed by atoms with van der Waals surface area (Å²) in [5.41, 5.74) is 8.88. The first-order chi connectivity index (χ1) is 8.97. The molecular weight excluding hydrogens is 244 g/mol. The van der Waals surface area contributed by atoms with Crippen LogP contribution < -0.4 is 5.73 Å². The van der Waals surface area contributed by atoms with E-state index in [0.29, 0.717) is 6.42 Å². The Morgan fingerprint density at radius 3 is 2.89 bits per heavy atom. The monoisotopic (exact) mass is 262 g/mol. The van der Waals surface area contributed by atoms with Crippen LogP contribution in [0.5, 0.6) is 0 Å². The maximum absolute atomic E-state index is 10.9. The second-order valence-electron chi connectivity index (χ2n) is 4.83. The van der Waals surface area contributed by atoms with Gasteiger partial charge >= 0.3 is 5.97 Å². The number of rotatable bonds is 3. The van der Waals surface area contributed by atoms with Crippen molar-refractivity contribution in [3.63, 3.8) is 0 Å². The van der Waals surface area contributed by atoms with Crippen molar-refractivity contribution in [2.45, 2.75) is 39.0 Å². The SMILES string of the molecule is CC1=CC(OC2CC=CC(C(=O)O)=N2)CC(C)=C1N. The lowest BCUT2D eigenvalue weighted by atomic mass is 9.96. The first kappa shape index (κ1) is 13.5. The van der Waals surface area contributed by atoms with Crippen LogP contribution in [0, 0.1) is 0 Å². The van der Waals surface area contributed by atoms with Crippen LogP contribution in [0.2, 0.25) is 0 Å². The third kappa shape index (κ3) is 3.12. The summed E-state index contributed by atoms with van der Waals surface area (Å²) < 4.78 is 5.83. The van der Waals surface area contributed by atoms with Crippen molar-refractivity contribution >= 4 is 11.7 Å². The van der Waals surface area contributed by atoms with Gasteiger partial charge < -0.3 is 15.6 Å². The molecule has 102 valence electrons. The molecule has 0 saturated heterocycles. The number of aliphatic carboxylic acids is 1. The summed E-state index contributed by atoms with van der Waals surface area (Å²) in [7, 11) is 0. The minimum absolute atomic E-state index is 0.0412. The van der Waals surface area contributed by atoms with Gasteiger partial charge in [-0.25, -0.2) is 9.79 Å². The van der Waals surface area contributed by atoms with Crippen LogP contribution in [0.1, 0.15) is 26.7 Å². The van der Waals surface area contributed by atoms with Gasteiger partial charge in [0, 0.05) is 18.5 Å². The zero-order valence-electron chi connectivity index (χ0n) is 11.1. The predicted octanol–water partition coefficient (Wildman–Crippen LogP) is 1.77. The molecule has 0 spiro atoms. The van der Waals surface area contributed by atoms with Crippen LogP contribution in [-0.2, 0) is 9.53 Å². The molecule has 2 rings (SSSR count). The average Bonchev–Trinajstić information content (AvgIpc) is 2.36. The molecule has 1 heterocycles. The van der Waals surface area contributed by atoms with Gasteiger partial charge in [-0.3, -0.25) is 0 Å². The summed E-state index contributed by atoms with van der Waals surface area (Å²) in [4.78, 5) is 14.9. The highest BCUT2D eigenvalue weighted by Crippen LogP contribution is 2.25. The smallest absolute Gasteiger partial charge is 0.354 e. The molecule has 2 atom stereocenters. The van der Waals surface area contributed by atoms with Crippen LogP contribution in [-0.4, -0.2) is 29.1 Å². The fraction of sp³-hybridized carbons (Fsp3) is 0.429. The van der Waals surface area contributed by atoms with Crippen LogP contribution in [0.3, 0.4) is 0 Å². The molecule has 2 unspecified atom stereocenters. The molecule has 0 bridgehead atoms. The van der Waals surface area contributed by atoms with E-state index in [1.54, 1.807) is 6.08 Å². The normalized spacial score (nSPS) is 27.1. The lowest BCUT2D eigenvalue weighted by Gasteiger charge is -2.26. The molecule has 5 heteroatoms. The Hall–Kier alpha value is -1.88. The van der Waals surface area contributed by atoms with E-state index in [0.717, 1.165) is 23.3 Å². The maximum Gasteiger partial charge on any atom is 0.354 e. The number of hydrogen-bond donors (Lipinski definition) is 2. The molecule has 1 aliphatic heterocycles. The van der Waals surface area contributed by atoms with Crippen LogP contribution in [0.15, 0.2) is 40.1 Å². The second-order valence-corrected chi connectivity index (χ2v) is 4.83. The van der Waals surface area contributed by atoms with Crippen LogP contribution in [0.25, 0.3) is 0 Å². The van der Waals surface area contributed by atoms with E-state index in [-0.39, 0.29) is 11.8 Å². The van der Waals surface area contributed by atoms with E-state index in [1.165, 1.54) is 6.08 Å². The summed E-state index contributed by atoms with van der Waals surface area (Å²) in [6.45, 7) is 3.93. The molecule has 1 aliphatic carbocycles. The molecule has 19 heavy (non-hydrogen) atoms. The zero-order chi connectivity index (χ0) is 14.0. The molecule has 5 nitrogen and oxygen atoms in total. The number of carbonyl (C=O) groups is 1. The Labute approximate surface area is 112 Å². The van der Waals surface area contributed by atoms with Gasteiger partial charge in [0.1, 0.15) is 5.71 Å². The molecule has 3 N–H and O–H groups in total. The predicted molar refractivity (Wildman–Crippen MR) is 72.8 cm³/mol. The van der Waals surface area contributed by atoms with Crippen molar-refractivity contribution < 1.29 is 14.6 Å². The van der Waals surface area contributed by atoms with E-state index in [1.807, 2.05) is 19.9 Å². The molecule has 0 aromatic heterocycles. The van der Waals surface area contributed by atoms with Crippen molar-refractivity contribution in [3.8, 4) is 0 Å². The largest absolute Gasteiger partial charge is 0.477 e. The first-order valence-corrected chi connectivity index (χ1v) is 6.24. The number of nitrogens with two attached hydrogens (primary N) is 1. The van der Waals surface area contributed by atoms with Crippen molar-refractivity contribution in [2.24, 2.45) is 10.7 Å². The number of allylic oxidation sites excluding steroid dienone is 1. The van der Waals surface area contributed by atoms with E-state index in [4.69, 9.17) is 15.6 Å². The molecule has 2 aliphatic rings. The van der Waals surface area contributed by atoms with Gasteiger partial charge in [0.05, 0.1) is 6.10 Å². The van der Waals surface area contributed by atoms with Crippen molar-refractivity contribution in [1.29, 1.82) is 0 Å². The van der Waals surface area contributed by atoms with E-state index >= 15 is 0 Å². The zero-order valence-corrected chi connectivity index (χ0v) is 11.1. The third-order valence-corrected chi connectivity index (χ3v) is 3.28. The third-order valence-electron chi connectivity index (χ3n) is 3.28. The average molecular weight is 262 g/mol. The summed E-state index contributed by atoms with van der Waals surface area (Å²) in [6.07, 6.45) is 6.04. The van der Waals surface area contributed by atoms with E-state index in [2.05, 4.69) is 4.99 Å². The van der Waals surface area contributed by atoms with Gasteiger partial charge in [0.25, 0.3) is 0 Å². The van der Waals surface area contributed by atoms with Gasteiger partial charge in [-0.2, -0.15) is 0 Å². The minimum atomic E-state index is -1.03. The van der Waals surface area contributed by atoms with Crippen molar-refractivity contribution in [2.75, 3.05) is 0 Å². The Balaban J connectivity index is 2.04. The van der Waals surface area contributed by atoms with E-state index in [9.17, 15) is 4.79 Å². The van der Waals surface area contributed by atoms with Crippen molar-refractivity contribution in [1.82, 2.24) is 0 Å². The lowest BCUT2D eigenvalue weighted by Crippen LogP contribution is -2.27. The number of carboxylic acids is 1. The van der Waals surface area contributed by atoms with Gasteiger partial charge in [-0.05, 0) is 31.1 Å². The van der Waals surface area contributed by atoms with Crippen LogP contribution in [0.4, 0.5) is 0 Å². The topological polar surface area (TPSA) is 84.9 Å². The number of ether oxygens (including phenoxy) is 1. The molecule has 0 saturated carbocycles. The second kappa shape index (κ2) is 5.40. The van der Waals surface area contributed by atoms with Crippen LogP contribution >= 0.6 is 0 Å². The Bertz CT molecular complexity index is 515. The Kier molecular flexibility index (Phi) is 3.85. The summed E-state index contributed by atoms with van der Waals surface area (Å²) in [6, 6.07) is 0. The van der Waals surface area contributed by atoms with Gasteiger partial charge in [-0.1, -0.05) is 12.2 Å². The first-order valence-electron chi connectivity index (χ1n) is 6.24. The highest BCUT2D eigenvalue weighted by atomic mass is 16.5. The maximum atomic E-state index is 10.9. The molecule has 0 aromatic rings. The fourth-order valence-corrected chi connectivity index (χ4v) is 2.22. The standard InChI is InChI=1S/C14H18N2O3/c1-8-6-10(7-9(2)13(8)15)19-12-5-3-4-11(16-12)14(17)18/h3-4,6,10,12H,5,7,15H2,1-2H3,(H,17,18). The molecular formula is C14H18N2O3. The van der Waals surface area contributed by atoms with Crippen molar-refractivity contribution in [3.05, 3.63) is 35.1 Å². The number of nitrogens with zero attached hydrogens (tertiary/aromatic N) is 1. The summed E-state index contributed by atoms with van der Waals surface area (Å²) in [5.74, 6) is -1.03. The summed E-state index contributed by atoms with van der Waals surface area (Å²) in [5, 5.41) is 8.91. The number of dihydropyridines is 1. The molecule has 0 amide bonds. The minimum Gasteiger partial charge on any atom is -0.477 e. The number of carboxylic acid groups (broad SMARTS) is 1. The summed E-state index contributed by atoms with van der Waals surface area (Å²) >= 11 is 0. The Morgan fingerprint density at radius 2 is 2.26 bits per heavy atom. The van der Waals surface area contributed by atoms with Gasteiger partial charge in [-0.15, -0.1) is 0 Å². The fourth-order valence-electron chi connectivity index (χ4n) is 2.22. The van der Waals surface area contributed by atoms with Gasteiger partial charge in [0.2, 0.25) is 0 Å². The van der Waals surface area contributed by atoms with E-state index < -0.39 is 12.2 Å². The Morgan fingerprint density at radius 1 is 1.53 bits per heavy atom. The number of aliphatic imine (C=N–C) groups is 1. The highest BCUT2D eigenvalue weighted by molar-refractivity contribution is 6.40.